The molecule has 2 heterocycles. The summed E-state index contributed by atoms with van der Waals surface area (Å²) in [4.78, 5) is 26.6. The number of nitrogens with zero attached hydrogens (tertiary/aromatic N) is 5. The lowest BCUT2D eigenvalue weighted by molar-refractivity contribution is 0.0822. The number of hydrogen-bond acceptors (Lipinski definition) is 8. The highest BCUT2D eigenvalue weighted by atomic mass is 16.5. The molecule has 0 spiro atoms. The number of nitrogens with one attached hydrogen (secondary N) is 1. The van der Waals surface area contributed by atoms with Crippen LogP contribution >= 0.6 is 0 Å². The summed E-state index contributed by atoms with van der Waals surface area (Å²) in [7, 11) is 3.35. The summed E-state index contributed by atoms with van der Waals surface area (Å²) in [5.74, 6) is 1.49. The molecule has 182 valence electrons. The number of pyridine rings is 1. The Morgan fingerprint density at radius 1 is 1.26 bits per heavy atom. The topological polar surface area (TPSA) is 130 Å². The number of benzene rings is 1. The zero-order valence-corrected chi connectivity index (χ0v) is 21.0. The van der Waals surface area contributed by atoms with E-state index in [0.717, 1.165) is 16.7 Å². The van der Waals surface area contributed by atoms with Crippen molar-refractivity contribution in [2.75, 3.05) is 31.8 Å². The van der Waals surface area contributed by atoms with Crippen molar-refractivity contribution in [3.05, 3.63) is 58.7 Å². The van der Waals surface area contributed by atoms with Gasteiger partial charge in [0.25, 0.3) is 5.91 Å². The molecule has 0 saturated heterocycles. The van der Waals surface area contributed by atoms with Crippen LogP contribution in [0.2, 0.25) is 0 Å². The van der Waals surface area contributed by atoms with Crippen molar-refractivity contribution in [1.29, 1.82) is 5.26 Å². The average Bonchev–Trinajstić information content (AvgIpc) is 2.84. The zero-order chi connectivity index (χ0) is 25.7. The van der Waals surface area contributed by atoms with Crippen molar-refractivity contribution in [2.24, 2.45) is 0 Å². The number of carbonyl (C=O) groups is 1. The van der Waals surface area contributed by atoms with Gasteiger partial charge in [0, 0.05) is 42.5 Å². The number of carbonyl (C=O) groups excluding carboxylic acids is 1. The molecule has 0 bridgehead atoms. The van der Waals surface area contributed by atoms with Gasteiger partial charge >= 0.3 is 0 Å². The molecule has 9 heteroatoms. The molecule has 1 atom stereocenters. The van der Waals surface area contributed by atoms with Crippen LogP contribution in [-0.2, 0) is 6.42 Å². The van der Waals surface area contributed by atoms with E-state index in [4.69, 9.17) is 10.5 Å². The quantitative estimate of drug-likeness (QED) is 0.499. The van der Waals surface area contributed by atoms with E-state index in [0.29, 0.717) is 52.8 Å². The van der Waals surface area contributed by atoms with Gasteiger partial charge in [-0.2, -0.15) is 5.26 Å². The first-order valence-corrected chi connectivity index (χ1v) is 11.5. The molecule has 1 amide bonds. The third-order valence-electron chi connectivity index (χ3n) is 5.74. The number of aryl methyl sites for hydroxylation is 1. The molecule has 3 rings (SSSR count). The predicted octanol–water partition coefficient (Wildman–Crippen LogP) is 4.14. The van der Waals surface area contributed by atoms with Gasteiger partial charge in [-0.25, -0.2) is 9.97 Å². The lowest BCUT2D eigenvalue weighted by atomic mass is 9.91. The standard InChI is InChI=1S/C26H31N7O2/c1-7-18-24(28)30-14-31-25(18)32-16(4)19-11-15(3)20(12-27)22(23(19)35-8-2)17-9-10-21(29-13-17)26(34)33(5)6/h9-11,13-14,16H,7-8H2,1-6H3,(H3,28,30,31,32). The Balaban J connectivity index is 2.15. The smallest absolute Gasteiger partial charge is 0.271 e. The van der Waals surface area contributed by atoms with Crippen LogP contribution in [0.5, 0.6) is 5.75 Å². The Morgan fingerprint density at radius 3 is 2.57 bits per heavy atom. The molecule has 0 radical (unpaired) electrons. The molecule has 35 heavy (non-hydrogen) atoms. The van der Waals surface area contributed by atoms with Crippen molar-refractivity contribution < 1.29 is 9.53 Å². The molecule has 3 aromatic rings. The summed E-state index contributed by atoms with van der Waals surface area (Å²) in [5, 5.41) is 13.4. The van der Waals surface area contributed by atoms with E-state index >= 15 is 0 Å². The molecule has 0 aliphatic rings. The number of amides is 1. The maximum absolute atomic E-state index is 12.3. The monoisotopic (exact) mass is 473 g/mol. The summed E-state index contributed by atoms with van der Waals surface area (Å²) in [6.07, 6.45) is 3.73. The number of nitriles is 1. The largest absolute Gasteiger partial charge is 0.493 e. The molecule has 0 fully saturated rings. The summed E-state index contributed by atoms with van der Waals surface area (Å²) >= 11 is 0. The minimum atomic E-state index is -0.219. The van der Waals surface area contributed by atoms with Gasteiger partial charge in [0.15, 0.2) is 0 Å². The maximum atomic E-state index is 12.3. The van der Waals surface area contributed by atoms with Crippen LogP contribution in [0.3, 0.4) is 0 Å². The molecule has 0 aliphatic heterocycles. The number of nitrogen functional groups attached to an aromatic ring is 1. The zero-order valence-electron chi connectivity index (χ0n) is 21.0. The normalized spacial score (nSPS) is 11.5. The average molecular weight is 474 g/mol. The van der Waals surface area contributed by atoms with Crippen LogP contribution in [0, 0.1) is 18.3 Å². The van der Waals surface area contributed by atoms with Gasteiger partial charge in [0.05, 0.1) is 18.2 Å². The molecular weight excluding hydrogens is 442 g/mol. The molecule has 3 N–H and O–H groups in total. The predicted molar refractivity (Wildman–Crippen MR) is 136 cm³/mol. The molecule has 0 aliphatic carbocycles. The highest BCUT2D eigenvalue weighted by Gasteiger charge is 2.24. The number of hydrogen-bond donors (Lipinski definition) is 2. The highest BCUT2D eigenvalue weighted by molar-refractivity contribution is 5.92. The third kappa shape index (κ3) is 5.17. The van der Waals surface area contributed by atoms with Gasteiger partial charge in [-0.05, 0) is 44.9 Å². The van der Waals surface area contributed by atoms with E-state index in [2.05, 4.69) is 26.3 Å². The van der Waals surface area contributed by atoms with Crippen molar-refractivity contribution in [2.45, 2.75) is 40.2 Å². The molecule has 9 nitrogen and oxygen atoms in total. The summed E-state index contributed by atoms with van der Waals surface area (Å²) < 4.78 is 6.12. The molecule has 2 aromatic heterocycles. The SMILES string of the molecule is CCOc1c(C(C)Nc2ncnc(N)c2CC)cc(C)c(C#N)c1-c1ccc(C(=O)N(C)C)nc1. The van der Waals surface area contributed by atoms with E-state index in [1.54, 1.807) is 32.4 Å². The van der Waals surface area contributed by atoms with Crippen LogP contribution in [-0.4, -0.2) is 46.5 Å². The molecule has 0 saturated carbocycles. The summed E-state index contributed by atoms with van der Waals surface area (Å²) in [6.45, 7) is 8.20. The van der Waals surface area contributed by atoms with Gasteiger partial charge < -0.3 is 20.7 Å². The second kappa shape index (κ2) is 10.8. The third-order valence-corrected chi connectivity index (χ3v) is 5.74. The van der Waals surface area contributed by atoms with Crippen molar-refractivity contribution in [3.63, 3.8) is 0 Å². The van der Waals surface area contributed by atoms with Crippen LogP contribution in [0.25, 0.3) is 11.1 Å². The van der Waals surface area contributed by atoms with Gasteiger partial charge in [-0.1, -0.05) is 13.0 Å². The van der Waals surface area contributed by atoms with Crippen molar-refractivity contribution in [3.8, 4) is 22.9 Å². The van der Waals surface area contributed by atoms with Gasteiger partial charge in [-0.3, -0.25) is 9.78 Å². The van der Waals surface area contributed by atoms with Gasteiger partial charge in [-0.15, -0.1) is 0 Å². The number of rotatable bonds is 8. The van der Waals surface area contributed by atoms with Crippen LogP contribution in [0.4, 0.5) is 11.6 Å². The van der Waals surface area contributed by atoms with E-state index in [-0.39, 0.29) is 11.9 Å². The number of aromatic nitrogens is 3. The van der Waals surface area contributed by atoms with Crippen molar-refractivity contribution >= 4 is 17.5 Å². The second-order valence-corrected chi connectivity index (χ2v) is 8.34. The van der Waals surface area contributed by atoms with Crippen LogP contribution in [0.15, 0.2) is 30.7 Å². The Morgan fingerprint density at radius 2 is 2.00 bits per heavy atom. The van der Waals surface area contributed by atoms with Crippen molar-refractivity contribution in [1.82, 2.24) is 19.9 Å². The minimum absolute atomic E-state index is 0.194. The van der Waals surface area contributed by atoms with E-state index in [9.17, 15) is 10.1 Å². The summed E-state index contributed by atoms with van der Waals surface area (Å²) in [5.41, 5.74) is 10.7. The minimum Gasteiger partial charge on any atom is -0.493 e. The number of ether oxygens (including phenoxy) is 1. The van der Waals surface area contributed by atoms with Crippen LogP contribution < -0.4 is 15.8 Å². The fourth-order valence-electron chi connectivity index (χ4n) is 3.95. The molecule has 1 unspecified atom stereocenters. The Hall–Kier alpha value is -4.19. The van der Waals surface area contributed by atoms with Gasteiger partial charge in [0.2, 0.25) is 0 Å². The molecular formula is C26H31N7O2. The highest BCUT2D eigenvalue weighted by Crippen LogP contribution is 2.41. The fraction of sp³-hybridized carbons (Fsp3) is 0.346. The van der Waals surface area contributed by atoms with Crippen LogP contribution in [0.1, 0.15) is 59.6 Å². The van der Waals surface area contributed by atoms with E-state index in [1.165, 1.54) is 11.2 Å². The number of anilines is 2. The van der Waals surface area contributed by atoms with E-state index in [1.807, 2.05) is 33.8 Å². The first kappa shape index (κ1) is 25.4. The second-order valence-electron chi connectivity index (χ2n) is 8.34. The Labute approximate surface area is 206 Å². The Kier molecular flexibility index (Phi) is 7.87. The lowest BCUT2D eigenvalue weighted by Gasteiger charge is -2.24. The fourth-order valence-corrected chi connectivity index (χ4v) is 3.95. The first-order chi connectivity index (χ1) is 16.7. The lowest BCUT2D eigenvalue weighted by Crippen LogP contribution is -2.22. The Bertz CT molecular complexity index is 1260. The first-order valence-electron chi connectivity index (χ1n) is 11.5. The summed E-state index contributed by atoms with van der Waals surface area (Å²) in [6, 6.07) is 7.51. The molecule has 1 aromatic carbocycles. The number of nitrogens with two attached hydrogens (primary N) is 1. The van der Waals surface area contributed by atoms with Gasteiger partial charge in [0.1, 0.15) is 35.5 Å². The maximum Gasteiger partial charge on any atom is 0.271 e. The van der Waals surface area contributed by atoms with E-state index < -0.39 is 0 Å².